The average molecular weight is 552 g/mol. The van der Waals surface area contributed by atoms with Gasteiger partial charge in [0.2, 0.25) is 0 Å². The maximum absolute atomic E-state index is 11.5. The number of hydrogen-bond donors (Lipinski definition) is 7. The van der Waals surface area contributed by atoms with Crippen molar-refractivity contribution >= 4 is 16.6 Å². The first-order valence-corrected chi connectivity index (χ1v) is 14.5. The zero-order valence-electron chi connectivity index (χ0n) is 21.4. The van der Waals surface area contributed by atoms with Crippen LogP contribution in [0.25, 0.3) is 0 Å². The van der Waals surface area contributed by atoms with E-state index in [1.165, 1.54) is 6.07 Å². The lowest BCUT2D eigenvalue weighted by atomic mass is 9.88. The van der Waals surface area contributed by atoms with Crippen LogP contribution in [0, 0.1) is 0 Å². The van der Waals surface area contributed by atoms with E-state index in [1.54, 1.807) is 12.1 Å². The van der Waals surface area contributed by atoms with E-state index in [1.807, 2.05) is 37.3 Å². The van der Waals surface area contributed by atoms with Gasteiger partial charge in [0.25, 0.3) is 0 Å². The number of fused-ring (bicyclic) bond motifs is 1. The van der Waals surface area contributed by atoms with E-state index in [-0.39, 0.29) is 22.4 Å². The molecule has 11 heteroatoms. The molecular weight excluding hydrogens is 514 g/mol. The SMILES string of the molecule is CCCCC1(CC)CS(O)(O)c2cc(O[C@H]3C(O)O[C@@H](C(=O)O)[C@H](O)[C@H]3O)ccc2C(c2ccccc2)N1. The largest absolute Gasteiger partial charge is 0.482 e. The number of hydrogen-bond acceptors (Lipinski definition) is 9. The number of ether oxygens (including phenoxy) is 2. The first-order valence-electron chi connectivity index (χ1n) is 12.8. The van der Waals surface area contributed by atoms with Crippen molar-refractivity contribution in [3.8, 4) is 5.75 Å². The van der Waals surface area contributed by atoms with Crippen LogP contribution in [0.4, 0.5) is 0 Å². The average Bonchev–Trinajstić information content (AvgIpc) is 3.00. The molecule has 0 saturated carbocycles. The standard InChI is InChI=1S/C27H37NO9S/c1-3-5-13-27(4-2)15-38(34,35)19-14-17(11-12-18(19)20(28-27)16-9-7-6-8-10-16)36-24-22(30)21(29)23(25(31)32)37-26(24)33/h6-12,14,20-24,26,28-30,33-35H,3-5,13,15H2,1-2H3,(H,31,32)/t20?,21-,22-,23-,24-,26?,27?/m1/s1. The minimum atomic E-state index is -3.32. The zero-order valence-corrected chi connectivity index (χ0v) is 22.3. The third-order valence-corrected chi connectivity index (χ3v) is 9.49. The molecule has 0 amide bonds. The van der Waals surface area contributed by atoms with Gasteiger partial charge in [-0.25, -0.2) is 4.79 Å². The Balaban J connectivity index is 1.73. The third-order valence-electron chi connectivity index (χ3n) is 7.47. The normalized spacial score (nSPS) is 33.6. The van der Waals surface area contributed by atoms with Crippen LogP contribution in [0.3, 0.4) is 0 Å². The summed E-state index contributed by atoms with van der Waals surface area (Å²) >= 11 is 0. The molecule has 38 heavy (non-hydrogen) atoms. The van der Waals surface area contributed by atoms with Gasteiger partial charge >= 0.3 is 5.97 Å². The van der Waals surface area contributed by atoms with E-state index in [4.69, 9.17) is 14.6 Å². The molecule has 2 aromatic carbocycles. The van der Waals surface area contributed by atoms with Crippen LogP contribution in [-0.2, 0) is 9.53 Å². The Hall–Kier alpha value is -2.22. The lowest BCUT2D eigenvalue weighted by molar-refractivity contribution is -0.274. The minimum absolute atomic E-state index is 0.0979. The molecule has 210 valence electrons. The summed E-state index contributed by atoms with van der Waals surface area (Å²) in [5.74, 6) is -1.33. The number of unbranched alkanes of at least 4 members (excludes halogenated alkanes) is 1. The number of rotatable bonds is 8. The summed E-state index contributed by atoms with van der Waals surface area (Å²) in [5, 5.41) is 43.9. The molecule has 10 nitrogen and oxygen atoms in total. The summed E-state index contributed by atoms with van der Waals surface area (Å²) in [6.07, 6.45) is -5.44. The van der Waals surface area contributed by atoms with Crippen LogP contribution < -0.4 is 10.1 Å². The molecular formula is C27H37NO9S. The second kappa shape index (κ2) is 11.5. The second-order valence-corrected chi connectivity index (χ2v) is 12.1. The zero-order chi connectivity index (χ0) is 27.7. The Bertz CT molecular complexity index is 1120. The number of carbonyl (C=O) groups is 1. The van der Waals surface area contributed by atoms with Gasteiger partial charge in [-0.05, 0) is 30.0 Å². The van der Waals surface area contributed by atoms with Gasteiger partial charge in [-0.3, -0.25) is 14.4 Å². The van der Waals surface area contributed by atoms with E-state index in [0.717, 1.165) is 24.8 Å². The number of benzene rings is 2. The van der Waals surface area contributed by atoms with Gasteiger partial charge in [0.05, 0.1) is 16.7 Å². The first kappa shape index (κ1) is 28.8. The highest BCUT2D eigenvalue weighted by atomic mass is 32.3. The lowest BCUT2D eigenvalue weighted by Gasteiger charge is -2.42. The predicted molar refractivity (Wildman–Crippen MR) is 141 cm³/mol. The van der Waals surface area contributed by atoms with Gasteiger partial charge < -0.3 is 29.9 Å². The number of aliphatic hydroxyl groups excluding tert-OH is 3. The molecule has 0 radical (unpaired) electrons. The number of aliphatic carboxylic acids is 1. The van der Waals surface area contributed by atoms with Crippen LogP contribution in [-0.4, -0.2) is 77.5 Å². The molecule has 4 rings (SSSR count). The molecule has 0 aromatic heterocycles. The summed E-state index contributed by atoms with van der Waals surface area (Å²) in [6.45, 7) is 4.13. The topological polar surface area (TPSA) is 169 Å². The van der Waals surface area contributed by atoms with Crippen molar-refractivity contribution in [2.75, 3.05) is 5.75 Å². The molecule has 2 heterocycles. The van der Waals surface area contributed by atoms with E-state index < -0.39 is 52.8 Å². The molecule has 2 aliphatic heterocycles. The van der Waals surface area contributed by atoms with Crippen molar-refractivity contribution in [1.29, 1.82) is 0 Å². The minimum Gasteiger partial charge on any atom is -0.482 e. The van der Waals surface area contributed by atoms with Gasteiger partial charge in [0.15, 0.2) is 18.5 Å². The van der Waals surface area contributed by atoms with Crippen molar-refractivity contribution in [3.63, 3.8) is 0 Å². The molecule has 7 atom stereocenters. The monoisotopic (exact) mass is 551 g/mol. The molecule has 1 saturated heterocycles. The highest BCUT2D eigenvalue weighted by molar-refractivity contribution is 8.24. The highest BCUT2D eigenvalue weighted by Crippen LogP contribution is 2.57. The maximum Gasteiger partial charge on any atom is 0.335 e. The Morgan fingerprint density at radius 1 is 1.11 bits per heavy atom. The number of nitrogens with one attached hydrogen (secondary N) is 1. The number of carboxylic acid groups (broad SMARTS) is 1. The molecule has 2 aromatic rings. The van der Waals surface area contributed by atoms with Crippen LogP contribution in [0.2, 0.25) is 0 Å². The van der Waals surface area contributed by atoms with Crippen LogP contribution >= 0.6 is 10.6 Å². The molecule has 0 aliphatic carbocycles. The van der Waals surface area contributed by atoms with E-state index in [2.05, 4.69) is 12.2 Å². The fraction of sp³-hybridized carbons (Fsp3) is 0.519. The van der Waals surface area contributed by atoms with E-state index in [9.17, 15) is 29.2 Å². The Kier molecular flexibility index (Phi) is 8.70. The Morgan fingerprint density at radius 2 is 1.82 bits per heavy atom. The molecule has 3 unspecified atom stereocenters. The molecule has 7 N–H and O–H groups in total. The number of aliphatic hydroxyl groups is 3. The highest BCUT2D eigenvalue weighted by Gasteiger charge is 2.49. The maximum atomic E-state index is 11.5. The summed E-state index contributed by atoms with van der Waals surface area (Å²) in [7, 11) is -3.32. The van der Waals surface area contributed by atoms with Gasteiger partial charge in [0.1, 0.15) is 18.0 Å². The Morgan fingerprint density at radius 3 is 2.45 bits per heavy atom. The van der Waals surface area contributed by atoms with Gasteiger partial charge in [-0.15, -0.1) is 0 Å². The smallest absolute Gasteiger partial charge is 0.335 e. The van der Waals surface area contributed by atoms with E-state index in [0.29, 0.717) is 12.0 Å². The van der Waals surface area contributed by atoms with Crippen LogP contribution in [0.1, 0.15) is 56.7 Å². The van der Waals surface area contributed by atoms with Crippen LogP contribution in [0.5, 0.6) is 5.75 Å². The quantitative estimate of drug-likeness (QED) is 0.259. The Labute approximate surface area is 223 Å². The van der Waals surface area contributed by atoms with Gasteiger partial charge in [-0.1, -0.05) is 63.1 Å². The van der Waals surface area contributed by atoms with Crippen molar-refractivity contribution in [2.45, 2.75) is 86.7 Å². The fourth-order valence-electron chi connectivity index (χ4n) is 5.29. The summed E-state index contributed by atoms with van der Waals surface area (Å²) in [6, 6.07) is 14.2. The predicted octanol–water partition coefficient (Wildman–Crippen LogP) is 3.10. The van der Waals surface area contributed by atoms with Crippen molar-refractivity contribution in [1.82, 2.24) is 5.32 Å². The first-order chi connectivity index (χ1) is 18.0. The fourth-order valence-corrected chi connectivity index (χ4v) is 7.51. The summed E-state index contributed by atoms with van der Waals surface area (Å²) in [4.78, 5) is 11.6. The summed E-state index contributed by atoms with van der Waals surface area (Å²) in [5.41, 5.74) is 1.10. The molecule has 2 aliphatic rings. The van der Waals surface area contributed by atoms with Crippen molar-refractivity contribution < 1.29 is 43.8 Å². The lowest BCUT2D eigenvalue weighted by Crippen LogP contribution is -2.61. The van der Waals surface area contributed by atoms with Gasteiger partial charge in [-0.2, -0.15) is 10.6 Å². The van der Waals surface area contributed by atoms with Crippen molar-refractivity contribution in [3.05, 3.63) is 59.7 Å². The second-order valence-electron chi connectivity index (χ2n) is 10.1. The molecule has 1 fully saturated rings. The molecule has 0 spiro atoms. The van der Waals surface area contributed by atoms with Crippen LogP contribution in [0.15, 0.2) is 53.4 Å². The summed E-state index contributed by atoms with van der Waals surface area (Å²) < 4.78 is 33.8. The third kappa shape index (κ3) is 5.70. The van der Waals surface area contributed by atoms with Crippen molar-refractivity contribution in [2.24, 2.45) is 0 Å². The van der Waals surface area contributed by atoms with E-state index >= 15 is 0 Å². The van der Waals surface area contributed by atoms with Gasteiger partial charge in [0, 0.05) is 11.6 Å². The number of carboxylic acids is 1. The molecule has 0 bridgehead atoms.